The maximum atomic E-state index is 4.74. The van der Waals surface area contributed by atoms with E-state index in [0.717, 1.165) is 22.8 Å². The second kappa shape index (κ2) is 7.42. The molecule has 0 radical (unpaired) electrons. The minimum absolute atomic E-state index is 0.868. The number of nitrogens with zero attached hydrogens (tertiary/aromatic N) is 4. The highest BCUT2D eigenvalue weighted by atomic mass is 15.0. The second-order valence-electron chi connectivity index (χ2n) is 8.42. The van der Waals surface area contributed by atoms with Gasteiger partial charge in [-0.05, 0) is 60.7 Å². The van der Waals surface area contributed by atoms with E-state index in [1.807, 2.05) is 36.5 Å². The quantitative estimate of drug-likeness (QED) is 0.294. The lowest BCUT2D eigenvalue weighted by molar-refractivity contribution is 1.13. The first-order chi connectivity index (χ1) is 16.9. The minimum Gasteiger partial charge on any atom is -0.317 e. The molecule has 0 atom stereocenters. The lowest BCUT2D eigenvalue weighted by atomic mass is 10.1. The molecule has 7 aromatic rings. The summed E-state index contributed by atoms with van der Waals surface area (Å²) in [5, 5.41) is 3.67. The van der Waals surface area contributed by atoms with Gasteiger partial charge in [0, 0.05) is 34.2 Å². The maximum Gasteiger partial charge on any atom is 0.0887 e. The van der Waals surface area contributed by atoms with Gasteiger partial charge in [-0.25, -0.2) is 0 Å². The molecule has 4 heterocycles. The van der Waals surface area contributed by atoms with Crippen molar-refractivity contribution in [3.8, 4) is 22.8 Å². The molecular formula is C30H20N4. The van der Waals surface area contributed by atoms with Crippen molar-refractivity contribution in [3.05, 3.63) is 122 Å². The standard InChI is InChI=1S/C30H20N4/c1-2-8-22(9-3-1)33-17-15-21-18-30-25(19-29(21)33)24-10-4-5-12-28(24)34(30)23-13-14-27(32-20-23)26-11-6-7-16-31-26/h1-20H. The monoisotopic (exact) mass is 436 g/mol. The van der Waals surface area contributed by atoms with Crippen LogP contribution >= 0.6 is 0 Å². The summed E-state index contributed by atoms with van der Waals surface area (Å²) in [6.07, 6.45) is 5.88. The Labute approximate surface area is 196 Å². The highest BCUT2D eigenvalue weighted by Crippen LogP contribution is 2.35. The van der Waals surface area contributed by atoms with Crippen LogP contribution in [0.15, 0.2) is 122 Å². The van der Waals surface area contributed by atoms with Crippen molar-refractivity contribution in [2.75, 3.05) is 0 Å². The molecule has 0 unspecified atom stereocenters. The molecule has 4 heteroatoms. The molecule has 160 valence electrons. The van der Waals surface area contributed by atoms with Crippen LogP contribution in [0.5, 0.6) is 0 Å². The Bertz CT molecular complexity index is 1780. The van der Waals surface area contributed by atoms with Gasteiger partial charge in [0.05, 0.1) is 39.8 Å². The summed E-state index contributed by atoms with van der Waals surface area (Å²) in [6, 6.07) is 35.9. The van der Waals surface area contributed by atoms with Crippen LogP contribution in [-0.4, -0.2) is 19.1 Å². The summed E-state index contributed by atoms with van der Waals surface area (Å²) in [5.74, 6) is 0. The second-order valence-corrected chi connectivity index (χ2v) is 8.42. The number of aromatic nitrogens is 4. The largest absolute Gasteiger partial charge is 0.317 e. The van der Waals surface area contributed by atoms with E-state index in [2.05, 4.69) is 93.1 Å². The van der Waals surface area contributed by atoms with E-state index in [-0.39, 0.29) is 0 Å². The lowest BCUT2D eigenvalue weighted by Crippen LogP contribution is -1.96. The Morgan fingerprint density at radius 3 is 2.18 bits per heavy atom. The third kappa shape index (κ3) is 2.86. The number of para-hydroxylation sites is 2. The summed E-state index contributed by atoms with van der Waals surface area (Å²) in [7, 11) is 0. The molecule has 0 N–H and O–H groups in total. The first-order valence-corrected chi connectivity index (χ1v) is 11.3. The molecule has 3 aromatic carbocycles. The van der Waals surface area contributed by atoms with Crippen LogP contribution < -0.4 is 0 Å². The predicted molar refractivity (Wildman–Crippen MR) is 139 cm³/mol. The van der Waals surface area contributed by atoms with Crippen LogP contribution in [0.1, 0.15) is 0 Å². The number of hydrogen-bond donors (Lipinski definition) is 0. The van der Waals surface area contributed by atoms with Crippen LogP contribution in [0.4, 0.5) is 0 Å². The molecule has 4 nitrogen and oxygen atoms in total. The van der Waals surface area contributed by atoms with Crippen molar-refractivity contribution in [1.82, 2.24) is 19.1 Å². The van der Waals surface area contributed by atoms with E-state index >= 15 is 0 Å². The molecule has 7 rings (SSSR count). The Hall–Kier alpha value is -4.70. The number of benzene rings is 3. The van der Waals surface area contributed by atoms with Crippen LogP contribution in [0.2, 0.25) is 0 Å². The molecule has 0 bridgehead atoms. The van der Waals surface area contributed by atoms with Gasteiger partial charge in [-0.1, -0.05) is 42.5 Å². The molecule has 0 saturated carbocycles. The van der Waals surface area contributed by atoms with Gasteiger partial charge >= 0.3 is 0 Å². The zero-order valence-electron chi connectivity index (χ0n) is 18.3. The number of pyridine rings is 2. The van der Waals surface area contributed by atoms with Gasteiger partial charge in [0.2, 0.25) is 0 Å². The molecule has 0 aliphatic rings. The Kier molecular flexibility index (Phi) is 4.11. The van der Waals surface area contributed by atoms with Crippen LogP contribution in [0.3, 0.4) is 0 Å². The molecular weight excluding hydrogens is 416 g/mol. The van der Waals surface area contributed by atoms with E-state index < -0.39 is 0 Å². The van der Waals surface area contributed by atoms with Gasteiger partial charge in [-0.2, -0.15) is 0 Å². The maximum absolute atomic E-state index is 4.74. The zero-order valence-corrected chi connectivity index (χ0v) is 18.3. The predicted octanol–water partition coefficient (Wildman–Crippen LogP) is 7.18. The molecule has 0 saturated heterocycles. The van der Waals surface area contributed by atoms with Gasteiger partial charge in [0.25, 0.3) is 0 Å². The van der Waals surface area contributed by atoms with Gasteiger partial charge in [0.1, 0.15) is 0 Å². The van der Waals surface area contributed by atoms with E-state index in [0.29, 0.717) is 0 Å². The Morgan fingerprint density at radius 1 is 0.529 bits per heavy atom. The highest BCUT2D eigenvalue weighted by molar-refractivity contribution is 6.13. The number of fused-ring (bicyclic) bond motifs is 4. The van der Waals surface area contributed by atoms with Crippen LogP contribution in [-0.2, 0) is 0 Å². The van der Waals surface area contributed by atoms with Crippen molar-refractivity contribution in [2.45, 2.75) is 0 Å². The summed E-state index contributed by atoms with van der Waals surface area (Å²) >= 11 is 0. The van der Waals surface area contributed by atoms with Crippen LogP contribution in [0.25, 0.3) is 55.5 Å². The Balaban J connectivity index is 1.46. The first kappa shape index (κ1) is 18.8. The van der Waals surface area contributed by atoms with Gasteiger partial charge in [-0.15, -0.1) is 0 Å². The Morgan fingerprint density at radius 2 is 1.35 bits per heavy atom. The fourth-order valence-corrected chi connectivity index (χ4v) is 4.87. The van der Waals surface area contributed by atoms with E-state index in [1.54, 1.807) is 6.20 Å². The summed E-state index contributed by atoms with van der Waals surface area (Å²) in [6.45, 7) is 0. The molecule has 0 aliphatic carbocycles. The molecule has 0 spiro atoms. The fourth-order valence-electron chi connectivity index (χ4n) is 4.87. The van der Waals surface area contributed by atoms with Crippen molar-refractivity contribution in [2.24, 2.45) is 0 Å². The zero-order chi connectivity index (χ0) is 22.5. The smallest absolute Gasteiger partial charge is 0.0887 e. The summed E-state index contributed by atoms with van der Waals surface area (Å²) < 4.78 is 4.56. The van der Waals surface area contributed by atoms with E-state index in [9.17, 15) is 0 Å². The molecule has 0 amide bonds. The van der Waals surface area contributed by atoms with Gasteiger partial charge < -0.3 is 9.13 Å². The SMILES string of the molecule is c1ccc(-n2ccc3cc4c(cc32)c2ccccc2n4-c2ccc(-c3ccccn3)nc2)cc1. The number of rotatable bonds is 3. The van der Waals surface area contributed by atoms with Gasteiger partial charge in [-0.3, -0.25) is 9.97 Å². The summed E-state index contributed by atoms with van der Waals surface area (Å²) in [5.41, 5.74) is 7.48. The van der Waals surface area contributed by atoms with Gasteiger partial charge in [0.15, 0.2) is 0 Å². The normalized spacial score (nSPS) is 11.5. The van der Waals surface area contributed by atoms with Crippen molar-refractivity contribution in [1.29, 1.82) is 0 Å². The fraction of sp³-hybridized carbons (Fsp3) is 0. The number of hydrogen-bond acceptors (Lipinski definition) is 2. The third-order valence-corrected chi connectivity index (χ3v) is 6.45. The van der Waals surface area contributed by atoms with E-state index in [1.165, 1.54) is 32.7 Å². The molecule has 0 fully saturated rings. The topological polar surface area (TPSA) is 35.6 Å². The van der Waals surface area contributed by atoms with E-state index in [4.69, 9.17) is 4.98 Å². The average molecular weight is 437 g/mol. The van der Waals surface area contributed by atoms with Crippen molar-refractivity contribution < 1.29 is 0 Å². The van der Waals surface area contributed by atoms with Crippen molar-refractivity contribution >= 4 is 32.7 Å². The first-order valence-electron chi connectivity index (χ1n) is 11.3. The summed E-state index contributed by atoms with van der Waals surface area (Å²) in [4.78, 5) is 9.17. The minimum atomic E-state index is 0.868. The molecule has 34 heavy (non-hydrogen) atoms. The van der Waals surface area contributed by atoms with Crippen molar-refractivity contribution in [3.63, 3.8) is 0 Å². The van der Waals surface area contributed by atoms with Crippen LogP contribution in [0, 0.1) is 0 Å². The lowest BCUT2D eigenvalue weighted by Gasteiger charge is -2.09. The molecule has 4 aromatic heterocycles. The average Bonchev–Trinajstić information content (AvgIpc) is 3.47. The molecule has 0 aliphatic heterocycles. The highest BCUT2D eigenvalue weighted by Gasteiger charge is 2.15. The third-order valence-electron chi connectivity index (χ3n) is 6.45.